The van der Waals surface area contributed by atoms with Gasteiger partial charge < -0.3 is 10.0 Å². The van der Waals surface area contributed by atoms with E-state index in [9.17, 15) is 9.59 Å². The molecule has 2 aliphatic carbocycles. The molecular weight excluding hydrogens is 266 g/mol. The van der Waals surface area contributed by atoms with Crippen molar-refractivity contribution in [2.75, 3.05) is 13.1 Å². The number of hydrogen-bond donors (Lipinski definition) is 1. The minimum atomic E-state index is -0.916. The van der Waals surface area contributed by atoms with Gasteiger partial charge in [0.25, 0.3) is 0 Å². The van der Waals surface area contributed by atoms with E-state index < -0.39 is 5.97 Å². The largest absolute Gasteiger partial charge is 0.480 e. The highest BCUT2D eigenvalue weighted by molar-refractivity contribution is 5.83. The summed E-state index contributed by atoms with van der Waals surface area (Å²) in [6.07, 6.45) is 4.73. The number of amides is 1. The molecule has 1 saturated carbocycles. The third-order valence-electron chi connectivity index (χ3n) is 4.51. The maximum atomic E-state index is 12.7. The Kier molecular flexibility index (Phi) is 3.95. The van der Waals surface area contributed by atoms with E-state index in [2.05, 4.69) is 12.1 Å². The standard InChI is InChI=1S/C17H21NO3/c19-16(20)11-18(10-12-5-6-12)17(21)15-8-7-13-3-1-2-4-14(13)9-15/h1-4,12,15H,5-11H2,(H,19,20). The molecule has 0 spiro atoms. The Morgan fingerprint density at radius 2 is 1.86 bits per heavy atom. The number of carboxylic acid groups (broad SMARTS) is 1. The minimum absolute atomic E-state index is 0.0267. The fourth-order valence-corrected chi connectivity index (χ4v) is 3.17. The van der Waals surface area contributed by atoms with Gasteiger partial charge in [0.05, 0.1) is 0 Å². The van der Waals surface area contributed by atoms with Crippen LogP contribution in [-0.2, 0) is 22.4 Å². The number of fused-ring (bicyclic) bond motifs is 1. The van der Waals surface area contributed by atoms with Gasteiger partial charge in [0.1, 0.15) is 6.54 Å². The van der Waals surface area contributed by atoms with Gasteiger partial charge in [-0.05, 0) is 49.1 Å². The second-order valence-corrected chi connectivity index (χ2v) is 6.26. The summed E-state index contributed by atoms with van der Waals surface area (Å²) in [5.41, 5.74) is 2.57. The van der Waals surface area contributed by atoms with E-state index in [0.717, 1.165) is 32.1 Å². The number of benzene rings is 1. The second-order valence-electron chi connectivity index (χ2n) is 6.26. The Hall–Kier alpha value is -1.84. The minimum Gasteiger partial charge on any atom is -0.480 e. The lowest BCUT2D eigenvalue weighted by Crippen LogP contribution is -2.42. The summed E-state index contributed by atoms with van der Waals surface area (Å²) in [5.74, 6) is -0.429. The van der Waals surface area contributed by atoms with Crippen LogP contribution in [0.2, 0.25) is 0 Å². The first kappa shape index (κ1) is 14.1. The number of carbonyl (C=O) groups excluding carboxylic acids is 1. The highest BCUT2D eigenvalue weighted by Gasteiger charge is 2.32. The molecule has 0 aromatic heterocycles. The molecule has 112 valence electrons. The maximum absolute atomic E-state index is 12.7. The van der Waals surface area contributed by atoms with Crippen LogP contribution in [0.1, 0.15) is 30.4 Å². The molecule has 21 heavy (non-hydrogen) atoms. The first-order valence-electron chi connectivity index (χ1n) is 7.71. The van der Waals surface area contributed by atoms with Crippen LogP contribution in [0.4, 0.5) is 0 Å². The smallest absolute Gasteiger partial charge is 0.323 e. The fraction of sp³-hybridized carbons (Fsp3) is 0.529. The summed E-state index contributed by atoms with van der Waals surface area (Å²) in [4.78, 5) is 25.2. The molecule has 1 fully saturated rings. The predicted octanol–water partition coefficient (Wildman–Crippen LogP) is 2.11. The number of rotatable bonds is 5. The van der Waals surface area contributed by atoms with E-state index in [1.54, 1.807) is 4.90 Å². The molecule has 4 nitrogen and oxygen atoms in total. The van der Waals surface area contributed by atoms with Crippen molar-refractivity contribution in [1.29, 1.82) is 0 Å². The van der Waals surface area contributed by atoms with Gasteiger partial charge >= 0.3 is 5.97 Å². The van der Waals surface area contributed by atoms with Gasteiger partial charge in [-0.1, -0.05) is 24.3 Å². The van der Waals surface area contributed by atoms with Crippen LogP contribution in [-0.4, -0.2) is 35.0 Å². The first-order chi connectivity index (χ1) is 10.1. The Bertz CT molecular complexity index is 551. The summed E-state index contributed by atoms with van der Waals surface area (Å²) in [5, 5.41) is 9.03. The number of aryl methyl sites for hydroxylation is 1. The second kappa shape index (κ2) is 5.88. The van der Waals surface area contributed by atoms with Crippen molar-refractivity contribution in [3.63, 3.8) is 0 Å². The molecule has 1 N–H and O–H groups in total. The van der Waals surface area contributed by atoms with Crippen molar-refractivity contribution in [2.24, 2.45) is 11.8 Å². The van der Waals surface area contributed by atoms with Gasteiger partial charge in [-0.25, -0.2) is 0 Å². The van der Waals surface area contributed by atoms with E-state index in [-0.39, 0.29) is 18.4 Å². The van der Waals surface area contributed by atoms with E-state index in [1.165, 1.54) is 11.1 Å². The third kappa shape index (κ3) is 3.43. The summed E-state index contributed by atoms with van der Waals surface area (Å²) in [7, 11) is 0. The van der Waals surface area contributed by atoms with Crippen molar-refractivity contribution in [1.82, 2.24) is 4.90 Å². The molecule has 1 aromatic rings. The quantitative estimate of drug-likeness (QED) is 0.902. The van der Waals surface area contributed by atoms with Crippen LogP contribution in [0.3, 0.4) is 0 Å². The van der Waals surface area contributed by atoms with Gasteiger partial charge in [-0.2, -0.15) is 0 Å². The first-order valence-corrected chi connectivity index (χ1v) is 7.71. The molecule has 0 radical (unpaired) electrons. The highest BCUT2D eigenvalue weighted by Crippen LogP contribution is 2.31. The van der Waals surface area contributed by atoms with Crippen LogP contribution < -0.4 is 0 Å². The zero-order valence-electron chi connectivity index (χ0n) is 12.1. The summed E-state index contributed by atoms with van der Waals surface area (Å²) < 4.78 is 0. The molecule has 1 atom stereocenters. The Morgan fingerprint density at radius 3 is 2.52 bits per heavy atom. The topological polar surface area (TPSA) is 57.6 Å². The Balaban J connectivity index is 1.69. The lowest BCUT2D eigenvalue weighted by Gasteiger charge is -2.29. The van der Waals surface area contributed by atoms with E-state index in [4.69, 9.17) is 5.11 Å². The summed E-state index contributed by atoms with van der Waals surface area (Å²) in [6, 6.07) is 8.24. The third-order valence-corrected chi connectivity index (χ3v) is 4.51. The maximum Gasteiger partial charge on any atom is 0.323 e. The zero-order valence-corrected chi connectivity index (χ0v) is 12.1. The van der Waals surface area contributed by atoms with Gasteiger partial charge in [-0.3, -0.25) is 9.59 Å². The molecule has 0 heterocycles. The SMILES string of the molecule is O=C(O)CN(CC1CC1)C(=O)C1CCc2ccccc2C1. The molecule has 3 rings (SSSR count). The molecule has 0 aliphatic heterocycles. The molecule has 0 saturated heterocycles. The molecule has 1 unspecified atom stereocenters. The van der Waals surface area contributed by atoms with Crippen molar-refractivity contribution < 1.29 is 14.7 Å². The Morgan fingerprint density at radius 1 is 1.14 bits per heavy atom. The van der Waals surface area contributed by atoms with Gasteiger partial charge in [0.15, 0.2) is 0 Å². The Labute approximate surface area is 124 Å². The average Bonchev–Trinajstić information content (AvgIpc) is 3.29. The van der Waals surface area contributed by atoms with Crippen LogP contribution in [0.25, 0.3) is 0 Å². The molecule has 0 bridgehead atoms. The average molecular weight is 287 g/mol. The van der Waals surface area contributed by atoms with Crippen LogP contribution in [0, 0.1) is 11.8 Å². The van der Waals surface area contributed by atoms with Crippen molar-refractivity contribution in [2.45, 2.75) is 32.1 Å². The van der Waals surface area contributed by atoms with Gasteiger partial charge in [0, 0.05) is 12.5 Å². The normalized spacial score (nSPS) is 20.7. The van der Waals surface area contributed by atoms with E-state index >= 15 is 0 Å². The number of aliphatic carboxylic acids is 1. The van der Waals surface area contributed by atoms with E-state index in [1.807, 2.05) is 12.1 Å². The molecule has 2 aliphatic rings. The summed E-state index contributed by atoms with van der Waals surface area (Å²) in [6.45, 7) is 0.455. The monoisotopic (exact) mass is 287 g/mol. The number of hydrogen-bond acceptors (Lipinski definition) is 2. The molecule has 1 aromatic carbocycles. The van der Waals surface area contributed by atoms with Crippen LogP contribution >= 0.6 is 0 Å². The van der Waals surface area contributed by atoms with Crippen molar-refractivity contribution >= 4 is 11.9 Å². The lowest BCUT2D eigenvalue weighted by molar-refractivity contribution is -0.146. The van der Waals surface area contributed by atoms with Crippen LogP contribution in [0.5, 0.6) is 0 Å². The molecular formula is C17H21NO3. The van der Waals surface area contributed by atoms with Crippen molar-refractivity contribution in [3.05, 3.63) is 35.4 Å². The number of carboxylic acids is 1. The van der Waals surface area contributed by atoms with Crippen molar-refractivity contribution in [3.8, 4) is 0 Å². The van der Waals surface area contributed by atoms with Crippen LogP contribution in [0.15, 0.2) is 24.3 Å². The fourth-order valence-electron chi connectivity index (χ4n) is 3.17. The lowest BCUT2D eigenvalue weighted by atomic mass is 9.83. The highest BCUT2D eigenvalue weighted by atomic mass is 16.4. The molecule has 1 amide bonds. The van der Waals surface area contributed by atoms with Gasteiger partial charge in [0.2, 0.25) is 5.91 Å². The number of carbonyl (C=O) groups is 2. The number of nitrogens with zero attached hydrogens (tertiary/aromatic N) is 1. The summed E-state index contributed by atoms with van der Waals surface area (Å²) >= 11 is 0. The van der Waals surface area contributed by atoms with E-state index in [0.29, 0.717) is 12.5 Å². The zero-order chi connectivity index (χ0) is 14.8. The molecule has 4 heteroatoms. The van der Waals surface area contributed by atoms with Gasteiger partial charge in [-0.15, -0.1) is 0 Å². The predicted molar refractivity (Wildman–Crippen MR) is 78.9 cm³/mol.